The van der Waals surface area contributed by atoms with E-state index in [9.17, 15) is 18.0 Å². The van der Waals surface area contributed by atoms with Crippen LogP contribution in [0.4, 0.5) is 13.2 Å². The van der Waals surface area contributed by atoms with E-state index >= 15 is 0 Å². The van der Waals surface area contributed by atoms with E-state index < -0.39 is 17.3 Å². The molecule has 136 valence electrons. The maximum Gasteiger partial charge on any atom is 0.416 e. The van der Waals surface area contributed by atoms with Crippen molar-refractivity contribution in [1.82, 2.24) is 20.2 Å². The quantitative estimate of drug-likeness (QED) is 0.549. The number of aromatic nitrogens is 4. The summed E-state index contributed by atoms with van der Waals surface area (Å²) in [5.74, 6) is -0.0858. The fraction of sp³-hybridized carbons (Fsp3) is 0.0588. The molecule has 0 aliphatic heterocycles. The third-order valence-electron chi connectivity index (χ3n) is 3.75. The van der Waals surface area contributed by atoms with Crippen LogP contribution in [0.5, 0.6) is 0 Å². The van der Waals surface area contributed by atoms with Gasteiger partial charge in [-0.25, -0.2) is 4.98 Å². The SMILES string of the molecule is O=c1[nH]c2cc(C(F)(F)F)ccc2nc1-c1nnc(-c2ccccc2Cl)o1. The summed E-state index contributed by atoms with van der Waals surface area (Å²) in [4.78, 5) is 18.7. The van der Waals surface area contributed by atoms with Gasteiger partial charge >= 0.3 is 6.18 Å². The van der Waals surface area contributed by atoms with Crippen molar-refractivity contribution in [2.45, 2.75) is 6.18 Å². The number of halogens is 4. The van der Waals surface area contributed by atoms with E-state index in [4.69, 9.17) is 16.0 Å². The average molecular weight is 393 g/mol. The zero-order chi connectivity index (χ0) is 19.2. The molecule has 4 rings (SSSR count). The molecule has 2 heterocycles. The van der Waals surface area contributed by atoms with Crippen molar-refractivity contribution in [3.63, 3.8) is 0 Å². The second kappa shape index (κ2) is 6.20. The van der Waals surface area contributed by atoms with Gasteiger partial charge in [0, 0.05) is 0 Å². The predicted molar refractivity (Wildman–Crippen MR) is 91.1 cm³/mol. The van der Waals surface area contributed by atoms with Crippen molar-refractivity contribution < 1.29 is 17.6 Å². The monoisotopic (exact) mass is 392 g/mol. The Morgan fingerprint density at radius 3 is 2.52 bits per heavy atom. The van der Waals surface area contributed by atoms with Gasteiger partial charge in [-0.3, -0.25) is 4.79 Å². The van der Waals surface area contributed by atoms with Crippen LogP contribution in [0.1, 0.15) is 5.56 Å². The summed E-state index contributed by atoms with van der Waals surface area (Å²) in [6, 6.07) is 9.61. The number of benzene rings is 2. The Kier molecular flexibility index (Phi) is 3.96. The molecule has 4 aromatic rings. The molecule has 0 amide bonds. The molecule has 0 fully saturated rings. The lowest BCUT2D eigenvalue weighted by Crippen LogP contribution is -2.13. The van der Waals surface area contributed by atoms with Crippen molar-refractivity contribution in [3.05, 3.63) is 63.4 Å². The number of hydrogen-bond donors (Lipinski definition) is 1. The van der Waals surface area contributed by atoms with Gasteiger partial charge in [-0.15, -0.1) is 10.2 Å². The first-order valence-electron chi connectivity index (χ1n) is 7.53. The fourth-order valence-electron chi connectivity index (χ4n) is 2.47. The summed E-state index contributed by atoms with van der Waals surface area (Å²) in [6.45, 7) is 0. The molecular weight excluding hydrogens is 385 g/mol. The molecule has 0 spiro atoms. The summed E-state index contributed by atoms with van der Waals surface area (Å²) in [5.41, 5.74) is -1.27. The summed E-state index contributed by atoms with van der Waals surface area (Å²) in [6.07, 6.45) is -4.53. The van der Waals surface area contributed by atoms with Gasteiger partial charge in [0.2, 0.25) is 5.89 Å². The first-order valence-corrected chi connectivity index (χ1v) is 7.91. The van der Waals surface area contributed by atoms with Gasteiger partial charge < -0.3 is 9.40 Å². The normalized spacial score (nSPS) is 11.9. The first kappa shape index (κ1) is 17.2. The summed E-state index contributed by atoms with van der Waals surface area (Å²) in [7, 11) is 0. The minimum atomic E-state index is -4.53. The van der Waals surface area contributed by atoms with Crippen LogP contribution in [0.3, 0.4) is 0 Å². The Hall–Kier alpha value is -3.20. The van der Waals surface area contributed by atoms with Crippen LogP contribution < -0.4 is 5.56 Å². The molecule has 0 radical (unpaired) electrons. The highest BCUT2D eigenvalue weighted by Crippen LogP contribution is 2.31. The Balaban J connectivity index is 1.80. The highest BCUT2D eigenvalue weighted by Gasteiger charge is 2.30. The zero-order valence-corrected chi connectivity index (χ0v) is 14.0. The van der Waals surface area contributed by atoms with Crippen LogP contribution in [-0.2, 0) is 6.18 Å². The molecule has 0 saturated heterocycles. The van der Waals surface area contributed by atoms with Gasteiger partial charge in [0.25, 0.3) is 11.4 Å². The largest absolute Gasteiger partial charge is 0.416 e. The Morgan fingerprint density at radius 1 is 1.04 bits per heavy atom. The van der Waals surface area contributed by atoms with Crippen molar-refractivity contribution in [3.8, 4) is 23.0 Å². The Morgan fingerprint density at radius 2 is 1.78 bits per heavy atom. The van der Waals surface area contributed by atoms with Crippen LogP contribution in [0, 0.1) is 0 Å². The molecular formula is C17H8ClF3N4O2. The molecule has 0 atom stereocenters. The van der Waals surface area contributed by atoms with Crippen molar-refractivity contribution in [2.24, 2.45) is 0 Å². The number of rotatable bonds is 2. The van der Waals surface area contributed by atoms with Crippen LogP contribution in [-0.4, -0.2) is 20.2 Å². The highest BCUT2D eigenvalue weighted by molar-refractivity contribution is 6.33. The number of hydrogen-bond acceptors (Lipinski definition) is 5. The van der Waals surface area contributed by atoms with Crippen LogP contribution in [0.2, 0.25) is 5.02 Å². The lowest BCUT2D eigenvalue weighted by Gasteiger charge is -2.07. The van der Waals surface area contributed by atoms with E-state index in [0.717, 1.165) is 18.2 Å². The molecule has 0 saturated carbocycles. The number of nitrogens with one attached hydrogen (secondary N) is 1. The standard InChI is InChI=1S/C17H8ClF3N4O2/c18-10-4-2-1-3-9(10)15-24-25-16(27-15)13-14(26)23-12-7-8(17(19,20)21)5-6-11(12)22-13/h1-7H,(H,23,26). The Bertz CT molecular complexity index is 1220. The second-order valence-corrected chi connectivity index (χ2v) is 5.94. The number of nitrogens with zero attached hydrogens (tertiary/aromatic N) is 3. The third-order valence-corrected chi connectivity index (χ3v) is 4.08. The van der Waals surface area contributed by atoms with Crippen LogP contribution in [0.25, 0.3) is 34.1 Å². The first-order chi connectivity index (χ1) is 12.8. The topological polar surface area (TPSA) is 84.7 Å². The minimum absolute atomic E-state index is 0.0515. The fourth-order valence-corrected chi connectivity index (χ4v) is 2.69. The van der Waals surface area contributed by atoms with E-state index in [0.29, 0.717) is 10.6 Å². The molecule has 2 aromatic heterocycles. The average Bonchev–Trinajstić information content (AvgIpc) is 3.10. The van der Waals surface area contributed by atoms with Gasteiger partial charge in [-0.1, -0.05) is 23.7 Å². The molecule has 0 aliphatic rings. The smallest absolute Gasteiger partial charge is 0.414 e. The third kappa shape index (κ3) is 3.17. The van der Waals surface area contributed by atoms with E-state index in [1.165, 1.54) is 0 Å². The van der Waals surface area contributed by atoms with Gasteiger partial charge in [0.15, 0.2) is 5.69 Å². The van der Waals surface area contributed by atoms with Crippen LogP contribution >= 0.6 is 11.6 Å². The van der Waals surface area contributed by atoms with Crippen molar-refractivity contribution in [2.75, 3.05) is 0 Å². The summed E-state index contributed by atoms with van der Waals surface area (Å²) in [5, 5.41) is 8.02. The molecule has 1 N–H and O–H groups in total. The summed E-state index contributed by atoms with van der Waals surface area (Å²) < 4.78 is 43.9. The molecule has 0 aliphatic carbocycles. The number of alkyl halides is 3. The lowest BCUT2D eigenvalue weighted by atomic mass is 10.2. The van der Waals surface area contributed by atoms with Crippen molar-refractivity contribution >= 4 is 22.6 Å². The number of fused-ring (bicyclic) bond motifs is 1. The second-order valence-electron chi connectivity index (χ2n) is 5.54. The van der Waals surface area contributed by atoms with Crippen molar-refractivity contribution in [1.29, 1.82) is 0 Å². The number of aromatic amines is 1. The highest BCUT2D eigenvalue weighted by atomic mass is 35.5. The molecule has 6 nitrogen and oxygen atoms in total. The Labute approximate surface area is 153 Å². The molecule has 0 unspecified atom stereocenters. The molecule has 0 bridgehead atoms. The molecule has 10 heteroatoms. The maximum atomic E-state index is 12.8. The molecule has 27 heavy (non-hydrogen) atoms. The minimum Gasteiger partial charge on any atom is -0.414 e. The van der Waals surface area contributed by atoms with E-state index in [1.54, 1.807) is 24.3 Å². The van der Waals surface area contributed by atoms with Gasteiger partial charge in [-0.2, -0.15) is 13.2 Å². The van der Waals surface area contributed by atoms with Gasteiger partial charge in [0.1, 0.15) is 0 Å². The molecule has 2 aromatic carbocycles. The number of H-pyrrole nitrogens is 1. The van der Waals surface area contributed by atoms with Crippen LogP contribution in [0.15, 0.2) is 51.7 Å². The van der Waals surface area contributed by atoms with Gasteiger partial charge in [-0.05, 0) is 30.3 Å². The van der Waals surface area contributed by atoms with E-state index in [2.05, 4.69) is 20.2 Å². The lowest BCUT2D eigenvalue weighted by molar-refractivity contribution is -0.137. The van der Waals surface area contributed by atoms with E-state index in [-0.39, 0.29) is 28.5 Å². The predicted octanol–water partition coefficient (Wildman–Crippen LogP) is 4.31. The summed E-state index contributed by atoms with van der Waals surface area (Å²) >= 11 is 6.07. The zero-order valence-electron chi connectivity index (χ0n) is 13.2. The van der Waals surface area contributed by atoms with E-state index in [1.807, 2.05) is 0 Å². The maximum absolute atomic E-state index is 12.8. The van der Waals surface area contributed by atoms with Gasteiger partial charge in [0.05, 0.1) is 27.2 Å².